The van der Waals surface area contributed by atoms with Gasteiger partial charge in [0, 0.05) is 23.6 Å². The number of ether oxygens (including phenoxy) is 1. The number of aromatic nitrogens is 3. The number of aromatic hydroxyl groups is 2. The Kier molecular flexibility index (Phi) is 5.22. The maximum Gasteiger partial charge on any atom is 0.412 e. The first kappa shape index (κ1) is 21.2. The van der Waals surface area contributed by atoms with Crippen LogP contribution < -0.4 is 5.32 Å². The van der Waals surface area contributed by atoms with E-state index >= 15 is 0 Å². The number of carbonyl (C=O) groups is 1. The highest BCUT2D eigenvalue weighted by molar-refractivity contribution is 5.86. The van der Waals surface area contributed by atoms with Gasteiger partial charge >= 0.3 is 6.09 Å². The number of amides is 1. The third-order valence-electron chi connectivity index (χ3n) is 4.74. The van der Waals surface area contributed by atoms with Crippen LogP contribution in [0.1, 0.15) is 26.3 Å². The lowest BCUT2D eigenvalue weighted by Crippen LogP contribution is -2.27. The lowest BCUT2D eigenvalue weighted by Gasteiger charge is -2.19. The maximum atomic E-state index is 12.0. The predicted molar refractivity (Wildman–Crippen MR) is 122 cm³/mol. The van der Waals surface area contributed by atoms with Crippen molar-refractivity contribution >= 4 is 22.9 Å². The normalized spacial score (nSPS) is 11.5. The van der Waals surface area contributed by atoms with E-state index in [1.54, 1.807) is 58.2 Å². The number of carbonyl (C=O) groups excluding carboxylic acids is 1. The minimum absolute atomic E-state index is 0.00427. The fourth-order valence-corrected chi connectivity index (χ4v) is 3.32. The van der Waals surface area contributed by atoms with Gasteiger partial charge in [0.2, 0.25) is 0 Å². The van der Waals surface area contributed by atoms with Crippen molar-refractivity contribution in [2.24, 2.45) is 0 Å². The van der Waals surface area contributed by atoms with Crippen LogP contribution in [0.4, 0.5) is 10.5 Å². The molecule has 4 aromatic rings. The van der Waals surface area contributed by atoms with E-state index in [4.69, 9.17) is 4.74 Å². The van der Waals surface area contributed by atoms with Gasteiger partial charge in [-0.1, -0.05) is 0 Å². The zero-order valence-corrected chi connectivity index (χ0v) is 18.2. The van der Waals surface area contributed by atoms with Gasteiger partial charge in [-0.2, -0.15) is 0 Å². The van der Waals surface area contributed by atoms with Crippen molar-refractivity contribution in [3.05, 3.63) is 60.3 Å². The SMILES string of the molecule is Cc1cc(-c2nc3cccnc3n2-c2ccc(NC(=O)OC(C)(C)C)cc2)c(O)cc1O. The van der Waals surface area contributed by atoms with Gasteiger partial charge in [0.25, 0.3) is 0 Å². The molecule has 0 atom stereocenters. The van der Waals surface area contributed by atoms with Crippen molar-refractivity contribution in [3.8, 4) is 28.6 Å². The number of imidazole rings is 1. The summed E-state index contributed by atoms with van der Waals surface area (Å²) in [7, 11) is 0. The Bertz CT molecular complexity index is 1300. The third kappa shape index (κ3) is 4.20. The highest BCUT2D eigenvalue weighted by Gasteiger charge is 2.20. The molecule has 0 saturated heterocycles. The van der Waals surface area contributed by atoms with E-state index in [2.05, 4.69) is 15.3 Å². The second kappa shape index (κ2) is 7.88. The van der Waals surface area contributed by atoms with E-state index in [0.717, 1.165) is 5.69 Å². The minimum atomic E-state index is -0.593. The van der Waals surface area contributed by atoms with Gasteiger partial charge in [0.05, 0.1) is 5.56 Å². The average Bonchev–Trinajstić information content (AvgIpc) is 3.09. The molecule has 8 heteroatoms. The molecule has 8 nitrogen and oxygen atoms in total. The standard InChI is InChI=1S/C24H24N4O4/c1-14-12-17(20(30)13-19(14)29)21-27-18-6-5-11-25-22(18)28(21)16-9-7-15(8-10-16)26-23(31)32-24(2,3)4/h5-13,29-30H,1-4H3,(H,26,31). The number of benzene rings is 2. The first-order chi connectivity index (χ1) is 15.1. The van der Waals surface area contributed by atoms with E-state index in [-0.39, 0.29) is 11.5 Å². The van der Waals surface area contributed by atoms with Crippen LogP contribution in [-0.4, -0.2) is 36.4 Å². The van der Waals surface area contributed by atoms with Gasteiger partial charge in [-0.05, 0) is 75.7 Å². The first-order valence-electron chi connectivity index (χ1n) is 10.1. The molecular formula is C24H24N4O4. The largest absolute Gasteiger partial charge is 0.508 e. The average molecular weight is 432 g/mol. The number of nitrogens with zero attached hydrogens (tertiary/aromatic N) is 3. The van der Waals surface area contributed by atoms with Crippen LogP contribution in [0.5, 0.6) is 11.5 Å². The summed E-state index contributed by atoms with van der Waals surface area (Å²) >= 11 is 0. The van der Waals surface area contributed by atoms with Crippen molar-refractivity contribution in [3.63, 3.8) is 0 Å². The van der Waals surface area contributed by atoms with Gasteiger partial charge in [-0.3, -0.25) is 9.88 Å². The molecule has 0 radical (unpaired) electrons. The molecule has 3 N–H and O–H groups in total. The topological polar surface area (TPSA) is 110 Å². The molecule has 1 amide bonds. The molecule has 0 unspecified atom stereocenters. The predicted octanol–water partition coefficient (Wildman–Crippen LogP) is 5.15. The van der Waals surface area contributed by atoms with E-state index in [0.29, 0.717) is 33.8 Å². The highest BCUT2D eigenvalue weighted by atomic mass is 16.6. The number of anilines is 1. The van der Waals surface area contributed by atoms with Crippen LogP contribution in [0, 0.1) is 6.92 Å². The van der Waals surface area contributed by atoms with Crippen molar-refractivity contribution in [2.45, 2.75) is 33.3 Å². The molecule has 164 valence electrons. The summed E-state index contributed by atoms with van der Waals surface area (Å²) in [6.07, 6.45) is 1.13. The number of hydrogen-bond donors (Lipinski definition) is 3. The third-order valence-corrected chi connectivity index (χ3v) is 4.74. The van der Waals surface area contributed by atoms with Gasteiger partial charge in [-0.25, -0.2) is 14.8 Å². The molecule has 0 bridgehead atoms. The Balaban J connectivity index is 1.77. The molecule has 4 rings (SSSR count). The van der Waals surface area contributed by atoms with E-state index in [1.165, 1.54) is 6.07 Å². The molecule has 0 aliphatic carbocycles. The van der Waals surface area contributed by atoms with Crippen molar-refractivity contribution in [1.82, 2.24) is 14.5 Å². The molecule has 2 aromatic heterocycles. The number of phenols is 2. The highest BCUT2D eigenvalue weighted by Crippen LogP contribution is 2.36. The summed E-state index contributed by atoms with van der Waals surface area (Å²) in [6, 6.07) is 13.7. The molecule has 0 aliphatic rings. The minimum Gasteiger partial charge on any atom is -0.508 e. The molecule has 2 aromatic carbocycles. The monoisotopic (exact) mass is 432 g/mol. The number of fused-ring (bicyclic) bond motifs is 1. The molecule has 0 spiro atoms. The number of nitrogens with one attached hydrogen (secondary N) is 1. The van der Waals surface area contributed by atoms with Crippen LogP contribution in [0.2, 0.25) is 0 Å². The zero-order chi connectivity index (χ0) is 23.0. The second-order valence-corrected chi connectivity index (χ2v) is 8.45. The number of hydrogen-bond acceptors (Lipinski definition) is 6. The maximum absolute atomic E-state index is 12.0. The fraction of sp³-hybridized carbons (Fsp3) is 0.208. The van der Waals surface area contributed by atoms with Crippen LogP contribution in [0.25, 0.3) is 28.2 Å². The fourth-order valence-electron chi connectivity index (χ4n) is 3.32. The van der Waals surface area contributed by atoms with Crippen LogP contribution in [-0.2, 0) is 4.74 Å². The molecule has 32 heavy (non-hydrogen) atoms. The van der Waals surface area contributed by atoms with Crippen molar-refractivity contribution in [2.75, 3.05) is 5.32 Å². The Hall–Kier alpha value is -4.07. The summed E-state index contributed by atoms with van der Waals surface area (Å²) in [5.74, 6) is 0.393. The summed E-state index contributed by atoms with van der Waals surface area (Å²) in [4.78, 5) is 21.2. The Morgan fingerprint density at radius 1 is 1.06 bits per heavy atom. The molecule has 0 aliphatic heterocycles. The lowest BCUT2D eigenvalue weighted by atomic mass is 10.1. The summed E-state index contributed by atoms with van der Waals surface area (Å²) in [5, 5.41) is 23.1. The number of phenolic OH excluding ortho intramolecular Hbond substituents is 2. The molecular weight excluding hydrogens is 408 g/mol. The van der Waals surface area contributed by atoms with Gasteiger partial charge in [-0.15, -0.1) is 0 Å². The quantitative estimate of drug-likeness (QED) is 0.413. The Morgan fingerprint density at radius 3 is 2.47 bits per heavy atom. The zero-order valence-electron chi connectivity index (χ0n) is 18.2. The van der Waals surface area contributed by atoms with E-state index in [9.17, 15) is 15.0 Å². The Labute approximate surface area is 185 Å². The molecule has 0 saturated carbocycles. The second-order valence-electron chi connectivity index (χ2n) is 8.45. The Morgan fingerprint density at radius 2 is 1.78 bits per heavy atom. The summed E-state index contributed by atoms with van der Waals surface area (Å²) in [6.45, 7) is 7.15. The number of rotatable bonds is 3. The first-order valence-corrected chi connectivity index (χ1v) is 10.1. The van der Waals surface area contributed by atoms with Crippen LogP contribution in [0.15, 0.2) is 54.7 Å². The van der Waals surface area contributed by atoms with Crippen LogP contribution >= 0.6 is 0 Å². The van der Waals surface area contributed by atoms with Gasteiger partial charge < -0.3 is 14.9 Å². The van der Waals surface area contributed by atoms with Gasteiger partial charge in [0.15, 0.2) is 11.5 Å². The van der Waals surface area contributed by atoms with Crippen molar-refractivity contribution < 1.29 is 19.7 Å². The molecule has 2 heterocycles. The van der Waals surface area contributed by atoms with Crippen LogP contribution in [0.3, 0.4) is 0 Å². The van der Waals surface area contributed by atoms with E-state index in [1.807, 2.05) is 22.8 Å². The number of pyridine rings is 1. The van der Waals surface area contributed by atoms with E-state index < -0.39 is 11.7 Å². The van der Waals surface area contributed by atoms with Gasteiger partial charge in [0.1, 0.15) is 22.6 Å². The molecule has 0 fully saturated rings. The summed E-state index contributed by atoms with van der Waals surface area (Å²) < 4.78 is 7.11. The lowest BCUT2D eigenvalue weighted by molar-refractivity contribution is 0.0636. The van der Waals surface area contributed by atoms with Crippen molar-refractivity contribution in [1.29, 1.82) is 0 Å². The number of aryl methyl sites for hydroxylation is 1. The summed E-state index contributed by atoms with van der Waals surface area (Å²) in [5.41, 5.74) is 3.07. The smallest absolute Gasteiger partial charge is 0.412 e.